The Labute approximate surface area is 119 Å². The minimum atomic E-state index is -0.595. The molecule has 1 unspecified atom stereocenters. The number of aliphatic hydroxyl groups is 1. The first-order chi connectivity index (χ1) is 9.53. The van der Waals surface area contributed by atoms with Crippen LogP contribution in [0.15, 0.2) is 12.1 Å². The smallest absolute Gasteiger partial charge is 0.189 e. The van der Waals surface area contributed by atoms with Gasteiger partial charge in [-0.25, -0.2) is 0 Å². The van der Waals surface area contributed by atoms with Gasteiger partial charge in [0, 0.05) is 29.9 Å². The van der Waals surface area contributed by atoms with E-state index in [2.05, 4.69) is 4.90 Å². The van der Waals surface area contributed by atoms with Gasteiger partial charge in [-0.3, -0.25) is 4.90 Å². The highest BCUT2D eigenvalue weighted by Crippen LogP contribution is 2.32. The summed E-state index contributed by atoms with van der Waals surface area (Å²) in [6.07, 6.45) is 1.88. The Morgan fingerprint density at radius 3 is 3.10 bits per heavy atom. The van der Waals surface area contributed by atoms with Crippen LogP contribution in [0, 0.1) is 0 Å². The number of piperidine rings is 1. The van der Waals surface area contributed by atoms with E-state index in [0.29, 0.717) is 19.9 Å². The van der Waals surface area contributed by atoms with Gasteiger partial charge in [-0.15, -0.1) is 0 Å². The summed E-state index contributed by atoms with van der Waals surface area (Å²) in [6.45, 7) is 5.18. The lowest BCUT2D eigenvalue weighted by Gasteiger charge is -2.37. The van der Waals surface area contributed by atoms with E-state index in [1.807, 2.05) is 19.1 Å². The van der Waals surface area contributed by atoms with Gasteiger partial charge in [-0.05, 0) is 38.4 Å². The van der Waals surface area contributed by atoms with E-state index >= 15 is 0 Å². The fraction of sp³-hybridized carbons (Fsp3) is 0.600. The predicted octanol–water partition coefficient (Wildman–Crippen LogP) is 1.48. The summed E-state index contributed by atoms with van der Waals surface area (Å²) in [5, 5.41) is 10.2. The summed E-state index contributed by atoms with van der Waals surface area (Å²) in [7, 11) is 0. The number of nitrogen functional groups attached to an aromatic ring is 1. The quantitative estimate of drug-likeness (QED) is 0.802. The monoisotopic (exact) mass is 278 g/mol. The van der Waals surface area contributed by atoms with Gasteiger partial charge in [0.05, 0.1) is 12.2 Å². The average molecular weight is 278 g/mol. The lowest BCUT2D eigenvalue weighted by molar-refractivity contribution is -0.0243. The third kappa shape index (κ3) is 2.90. The molecule has 1 aromatic rings. The van der Waals surface area contributed by atoms with Crippen molar-refractivity contribution in [3.8, 4) is 5.75 Å². The minimum absolute atomic E-state index is 0.293. The fourth-order valence-electron chi connectivity index (χ4n) is 3.14. The molecule has 1 aromatic carbocycles. The molecule has 0 aromatic heterocycles. The lowest BCUT2D eigenvalue weighted by Crippen LogP contribution is -2.45. The molecule has 2 heterocycles. The number of fused-ring (bicyclic) bond motifs is 1. The van der Waals surface area contributed by atoms with Gasteiger partial charge < -0.3 is 20.3 Å². The van der Waals surface area contributed by atoms with Crippen molar-refractivity contribution in [2.75, 3.05) is 25.6 Å². The highest BCUT2D eigenvalue weighted by atomic mass is 16.7. The first-order valence-electron chi connectivity index (χ1n) is 7.10. The summed E-state index contributed by atoms with van der Waals surface area (Å²) in [6, 6.07) is 3.87. The van der Waals surface area contributed by atoms with Crippen LogP contribution in [0.2, 0.25) is 0 Å². The van der Waals surface area contributed by atoms with Crippen molar-refractivity contribution in [3.05, 3.63) is 23.3 Å². The maximum atomic E-state index is 10.2. The van der Waals surface area contributed by atoms with Crippen molar-refractivity contribution < 1.29 is 14.6 Å². The fourth-order valence-corrected chi connectivity index (χ4v) is 3.14. The number of ether oxygens (including phenoxy) is 2. The molecule has 1 fully saturated rings. The summed E-state index contributed by atoms with van der Waals surface area (Å²) in [5.41, 5.74) is 8.19. The van der Waals surface area contributed by atoms with E-state index in [1.165, 1.54) is 0 Å². The average Bonchev–Trinajstić information content (AvgIpc) is 2.37. The van der Waals surface area contributed by atoms with E-state index in [9.17, 15) is 5.11 Å². The Morgan fingerprint density at radius 2 is 2.30 bits per heavy atom. The SMILES string of the molecule is CC1(O)CCCN(Cc2cc(N)cc3c2OCOC3)C1. The van der Waals surface area contributed by atoms with Crippen LogP contribution in [0.4, 0.5) is 5.69 Å². The first kappa shape index (κ1) is 13.7. The molecule has 110 valence electrons. The Hall–Kier alpha value is -1.30. The number of nitrogens with two attached hydrogens (primary N) is 1. The third-order valence-electron chi connectivity index (χ3n) is 3.96. The topological polar surface area (TPSA) is 68.0 Å². The van der Waals surface area contributed by atoms with Gasteiger partial charge in [0.25, 0.3) is 0 Å². The van der Waals surface area contributed by atoms with E-state index in [-0.39, 0.29) is 0 Å². The zero-order valence-electron chi connectivity index (χ0n) is 11.9. The Morgan fingerprint density at radius 1 is 1.45 bits per heavy atom. The Bertz CT molecular complexity index is 502. The van der Waals surface area contributed by atoms with E-state index in [4.69, 9.17) is 15.2 Å². The van der Waals surface area contributed by atoms with Crippen LogP contribution in [0.25, 0.3) is 0 Å². The van der Waals surface area contributed by atoms with Crippen LogP contribution >= 0.6 is 0 Å². The van der Waals surface area contributed by atoms with Gasteiger partial charge in [0.2, 0.25) is 0 Å². The number of β-amino-alcohol motifs (C(OH)–C–C–N with tert-alkyl or cyclic N) is 1. The third-order valence-corrected chi connectivity index (χ3v) is 3.96. The molecule has 0 aliphatic carbocycles. The Balaban J connectivity index is 1.81. The van der Waals surface area contributed by atoms with Crippen LogP contribution < -0.4 is 10.5 Å². The normalized spacial score (nSPS) is 26.9. The molecule has 0 spiro atoms. The number of benzene rings is 1. The molecule has 1 atom stereocenters. The van der Waals surface area contributed by atoms with E-state index in [0.717, 1.165) is 48.5 Å². The summed E-state index contributed by atoms with van der Waals surface area (Å²) < 4.78 is 10.9. The molecule has 5 heteroatoms. The number of nitrogens with zero attached hydrogens (tertiary/aromatic N) is 1. The zero-order valence-corrected chi connectivity index (χ0v) is 11.9. The van der Waals surface area contributed by atoms with Gasteiger partial charge in [0.15, 0.2) is 6.79 Å². The largest absolute Gasteiger partial charge is 0.467 e. The molecule has 2 aliphatic heterocycles. The van der Waals surface area contributed by atoms with Gasteiger partial charge >= 0.3 is 0 Å². The predicted molar refractivity (Wildman–Crippen MR) is 76.3 cm³/mol. The molecule has 3 N–H and O–H groups in total. The maximum absolute atomic E-state index is 10.2. The summed E-state index contributed by atoms with van der Waals surface area (Å²) >= 11 is 0. The lowest BCUT2D eigenvalue weighted by atomic mass is 9.94. The molecule has 5 nitrogen and oxygen atoms in total. The van der Waals surface area contributed by atoms with Crippen LogP contribution in [-0.4, -0.2) is 35.5 Å². The van der Waals surface area contributed by atoms with Crippen LogP contribution in [0.3, 0.4) is 0 Å². The second-order valence-electron chi connectivity index (χ2n) is 6.09. The molecule has 2 aliphatic rings. The summed E-state index contributed by atoms with van der Waals surface area (Å²) in [4.78, 5) is 2.26. The number of likely N-dealkylation sites (tertiary alicyclic amines) is 1. The van der Waals surface area contributed by atoms with Crippen molar-refractivity contribution in [1.29, 1.82) is 0 Å². The van der Waals surface area contributed by atoms with Gasteiger partial charge in [0.1, 0.15) is 5.75 Å². The van der Waals surface area contributed by atoms with Crippen molar-refractivity contribution in [1.82, 2.24) is 4.90 Å². The van der Waals surface area contributed by atoms with Gasteiger partial charge in [-0.2, -0.15) is 0 Å². The van der Waals surface area contributed by atoms with Gasteiger partial charge in [-0.1, -0.05) is 0 Å². The zero-order chi connectivity index (χ0) is 14.2. The van der Waals surface area contributed by atoms with Crippen LogP contribution in [-0.2, 0) is 17.9 Å². The maximum Gasteiger partial charge on any atom is 0.189 e. The molecular formula is C15H22N2O3. The second kappa shape index (κ2) is 5.24. The van der Waals surface area contributed by atoms with Crippen LogP contribution in [0.1, 0.15) is 30.9 Å². The summed E-state index contributed by atoms with van der Waals surface area (Å²) in [5.74, 6) is 0.899. The molecular weight excluding hydrogens is 256 g/mol. The van der Waals surface area contributed by atoms with Crippen molar-refractivity contribution in [2.24, 2.45) is 0 Å². The second-order valence-corrected chi connectivity index (χ2v) is 6.09. The molecule has 1 saturated heterocycles. The molecule has 0 radical (unpaired) electrons. The standard InChI is InChI=1S/C15H22N2O3/c1-15(18)3-2-4-17(9-15)7-11-5-13(16)6-12-8-19-10-20-14(11)12/h5-6,18H,2-4,7-10,16H2,1H3. The number of rotatable bonds is 2. The van der Waals surface area contributed by atoms with Crippen LogP contribution in [0.5, 0.6) is 5.75 Å². The molecule has 0 saturated carbocycles. The number of hydrogen-bond acceptors (Lipinski definition) is 5. The van der Waals surface area contributed by atoms with Crippen molar-refractivity contribution >= 4 is 5.69 Å². The molecule has 0 bridgehead atoms. The number of anilines is 1. The molecule has 20 heavy (non-hydrogen) atoms. The van der Waals surface area contributed by atoms with Crippen molar-refractivity contribution in [3.63, 3.8) is 0 Å². The minimum Gasteiger partial charge on any atom is -0.467 e. The van der Waals surface area contributed by atoms with Crippen molar-refractivity contribution in [2.45, 2.75) is 38.5 Å². The highest BCUT2D eigenvalue weighted by molar-refractivity contribution is 5.53. The first-order valence-corrected chi connectivity index (χ1v) is 7.10. The van der Waals surface area contributed by atoms with E-state index < -0.39 is 5.60 Å². The van der Waals surface area contributed by atoms with E-state index in [1.54, 1.807) is 0 Å². The Kier molecular flexibility index (Phi) is 3.58. The highest BCUT2D eigenvalue weighted by Gasteiger charge is 2.29. The molecule has 0 amide bonds. The number of hydrogen-bond donors (Lipinski definition) is 2. The molecule has 3 rings (SSSR count).